The monoisotopic (exact) mass is 409 g/mol. The average molecular weight is 410 g/mol. The third-order valence-electron chi connectivity index (χ3n) is 4.24. The van der Waals surface area contributed by atoms with E-state index in [1.807, 2.05) is 36.4 Å². The molecule has 0 aliphatic rings. The van der Waals surface area contributed by atoms with Crippen molar-refractivity contribution in [3.63, 3.8) is 0 Å². The summed E-state index contributed by atoms with van der Waals surface area (Å²) in [5.41, 5.74) is 2.96. The molecule has 1 aromatic heterocycles. The van der Waals surface area contributed by atoms with Gasteiger partial charge in [-0.3, -0.25) is 9.59 Å². The van der Waals surface area contributed by atoms with E-state index in [9.17, 15) is 9.59 Å². The predicted molar refractivity (Wildman–Crippen MR) is 112 cm³/mol. The molecule has 0 saturated carbocycles. The zero-order chi connectivity index (χ0) is 20.6. The van der Waals surface area contributed by atoms with Gasteiger partial charge in [0.1, 0.15) is 10.9 Å². The molecule has 0 atom stereocenters. The predicted octanol–water partition coefficient (Wildman–Crippen LogP) is 3.57. The number of carbonyl (C=O) groups excluding carboxylic acids is 2. The lowest BCUT2D eigenvalue weighted by molar-refractivity contribution is 0.0927. The van der Waals surface area contributed by atoms with Gasteiger partial charge in [-0.05, 0) is 47.5 Å². The van der Waals surface area contributed by atoms with Gasteiger partial charge in [0.25, 0.3) is 11.8 Å². The van der Waals surface area contributed by atoms with Crippen LogP contribution in [0.4, 0.5) is 0 Å². The third kappa shape index (κ3) is 5.56. The van der Waals surface area contributed by atoms with Crippen molar-refractivity contribution < 1.29 is 14.3 Å². The van der Waals surface area contributed by atoms with Crippen molar-refractivity contribution in [2.24, 2.45) is 0 Å². The minimum Gasteiger partial charge on any atom is -0.497 e. The van der Waals surface area contributed by atoms with E-state index in [0.717, 1.165) is 16.9 Å². The number of ether oxygens (including phenoxy) is 1. The molecule has 0 aliphatic heterocycles. The van der Waals surface area contributed by atoms with E-state index in [1.54, 1.807) is 31.4 Å². The highest BCUT2D eigenvalue weighted by Crippen LogP contribution is 2.24. The van der Waals surface area contributed by atoms with E-state index >= 15 is 0 Å². The number of nitrogens with zero attached hydrogens (tertiary/aromatic N) is 1. The number of halogens is 1. The summed E-state index contributed by atoms with van der Waals surface area (Å²) >= 11 is 5.70. The van der Waals surface area contributed by atoms with Gasteiger partial charge in [-0.2, -0.15) is 0 Å². The number of hydrogen-bond donors (Lipinski definition) is 2. The molecule has 0 unspecified atom stereocenters. The van der Waals surface area contributed by atoms with Crippen LogP contribution in [0.1, 0.15) is 20.7 Å². The lowest BCUT2D eigenvalue weighted by atomic mass is 10.0. The Morgan fingerprint density at radius 2 is 1.55 bits per heavy atom. The first-order chi connectivity index (χ1) is 14.1. The molecular weight excluding hydrogens is 390 g/mol. The SMILES string of the molecule is COc1cccc(-c2ccc(C(=O)NCCNC(=O)c3ccc(Cl)nc3)cc2)c1. The molecule has 148 valence electrons. The highest BCUT2D eigenvalue weighted by molar-refractivity contribution is 6.29. The Bertz CT molecular complexity index is 989. The molecule has 0 spiro atoms. The topological polar surface area (TPSA) is 80.3 Å². The summed E-state index contributed by atoms with van der Waals surface area (Å²) in [6.07, 6.45) is 1.40. The number of rotatable bonds is 7. The lowest BCUT2D eigenvalue weighted by Crippen LogP contribution is -2.34. The Balaban J connectivity index is 1.49. The Morgan fingerprint density at radius 3 is 2.17 bits per heavy atom. The summed E-state index contributed by atoms with van der Waals surface area (Å²) in [7, 11) is 1.63. The quantitative estimate of drug-likeness (QED) is 0.461. The fourth-order valence-electron chi connectivity index (χ4n) is 2.68. The summed E-state index contributed by atoms with van der Waals surface area (Å²) in [5.74, 6) is 0.302. The van der Waals surface area contributed by atoms with Crippen molar-refractivity contribution in [3.8, 4) is 16.9 Å². The van der Waals surface area contributed by atoms with Crippen molar-refractivity contribution in [1.29, 1.82) is 0 Å². The van der Waals surface area contributed by atoms with E-state index in [4.69, 9.17) is 16.3 Å². The van der Waals surface area contributed by atoms with Gasteiger partial charge in [-0.25, -0.2) is 4.98 Å². The summed E-state index contributed by atoms with van der Waals surface area (Å²) in [5, 5.41) is 5.83. The molecule has 2 amide bonds. The van der Waals surface area contributed by atoms with Gasteiger partial charge >= 0.3 is 0 Å². The number of carbonyl (C=O) groups is 2. The molecule has 0 fully saturated rings. The van der Waals surface area contributed by atoms with Crippen LogP contribution < -0.4 is 15.4 Å². The van der Waals surface area contributed by atoms with E-state index < -0.39 is 0 Å². The Hall–Kier alpha value is -3.38. The largest absolute Gasteiger partial charge is 0.497 e. The van der Waals surface area contributed by atoms with E-state index in [0.29, 0.717) is 29.4 Å². The summed E-state index contributed by atoms with van der Waals surface area (Å²) < 4.78 is 5.24. The summed E-state index contributed by atoms with van der Waals surface area (Å²) in [6, 6.07) is 18.2. The standard InChI is InChI=1S/C22H20ClN3O3/c1-29-19-4-2-3-17(13-19)15-5-7-16(8-6-15)21(27)24-11-12-25-22(28)18-9-10-20(23)26-14-18/h2-10,13-14H,11-12H2,1H3,(H,24,27)(H,25,28). The van der Waals surface area contributed by atoms with Crippen LogP contribution in [-0.2, 0) is 0 Å². The first-order valence-corrected chi connectivity index (χ1v) is 9.37. The molecule has 7 heteroatoms. The van der Waals surface area contributed by atoms with Gasteiger partial charge in [0.2, 0.25) is 0 Å². The molecule has 2 aromatic carbocycles. The number of amides is 2. The highest BCUT2D eigenvalue weighted by Gasteiger charge is 2.08. The first-order valence-electron chi connectivity index (χ1n) is 8.99. The number of benzene rings is 2. The Kier molecular flexibility index (Phi) is 6.81. The van der Waals surface area contributed by atoms with Crippen molar-refractivity contribution in [3.05, 3.63) is 83.1 Å². The second kappa shape index (κ2) is 9.71. The molecule has 1 heterocycles. The fourth-order valence-corrected chi connectivity index (χ4v) is 2.79. The molecular formula is C22H20ClN3O3. The van der Waals surface area contributed by atoms with Gasteiger partial charge < -0.3 is 15.4 Å². The van der Waals surface area contributed by atoms with Crippen molar-refractivity contribution in [2.75, 3.05) is 20.2 Å². The summed E-state index contributed by atoms with van der Waals surface area (Å²) in [4.78, 5) is 28.1. The van der Waals surface area contributed by atoms with Crippen molar-refractivity contribution >= 4 is 23.4 Å². The normalized spacial score (nSPS) is 10.3. The van der Waals surface area contributed by atoms with Gasteiger partial charge in [0.05, 0.1) is 12.7 Å². The lowest BCUT2D eigenvalue weighted by Gasteiger charge is -2.08. The molecule has 3 rings (SSSR count). The molecule has 0 aliphatic carbocycles. The van der Waals surface area contributed by atoms with Crippen LogP contribution in [0.5, 0.6) is 5.75 Å². The third-order valence-corrected chi connectivity index (χ3v) is 4.46. The van der Waals surface area contributed by atoms with Crippen LogP contribution in [-0.4, -0.2) is 37.0 Å². The number of aromatic nitrogens is 1. The van der Waals surface area contributed by atoms with E-state index in [1.165, 1.54) is 6.20 Å². The van der Waals surface area contributed by atoms with Crippen LogP contribution in [0.2, 0.25) is 5.15 Å². The molecule has 2 N–H and O–H groups in total. The zero-order valence-corrected chi connectivity index (χ0v) is 16.6. The molecule has 0 saturated heterocycles. The number of hydrogen-bond acceptors (Lipinski definition) is 4. The van der Waals surface area contributed by atoms with Crippen LogP contribution in [0.3, 0.4) is 0 Å². The highest BCUT2D eigenvalue weighted by atomic mass is 35.5. The van der Waals surface area contributed by atoms with Crippen LogP contribution in [0.15, 0.2) is 66.9 Å². The van der Waals surface area contributed by atoms with Crippen LogP contribution in [0.25, 0.3) is 11.1 Å². The van der Waals surface area contributed by atoms with E-state index in [2.05, 4.69) is 15.6 Å². The maximum atomic E-state index is 12.3. The molecule has 0 bridgehead atoms. The number of methoxy groups -OCH3 is 1. The van der Waals surface area contributed by atoms with Crippen LogP contribution >= 0.6 is 11.6 Å². The fraction of sp³-hybridized carbons (Fsp3) is 0.136. The average Bonchev–Trinajstić information content (AvgIpc) is 2.77. The molecule has 0 radical (unpaired) electrons. The van der Waals surface area contributed by atoms with Gasteiger partial charge in [0.15, 0.2) is 0 Å². The van der Waals surface area contributed by atoms with Crippen molar-refractivity contribution in [2.45, 2.75) is 0 Å². The maximum Gasteiger partial charge on any atom is 0.252 e. The number of pyridine rings is 1. The Labute approximate surface area is 173 Å². The second-order valence-corrected chi connectivity index (χ2v) is 6.58. The van der Waals surface area contributed by atoms with Gasteiger partial charge in [-0.1, -0.05) is 35.9 Å². The minimum atomic E-state index is -0.272. The van der Waals surface area contributed by atoms with E-state index in [-0.39, 0.29) is 11.8 Å². The first kappa shape index (κ1) is 20.4. The smallest absolute Gasteiger partial charge is 0.252 e. The van der Waals surface area contributed by atoms with Crippen molar-refractivity contribution in [1.82, 2.24) is 15.6 Å². The second-order valence-electron chi connectivity index (χ2n) is 6.19. The molecule has 29 heavy (non-hydrogen) atoms. The summed E-state index contributed by atoms with van der Waals surface area (Å²) in [6.45, 7) is 0.609. The van der Waals surface area contributed by atoms with Gasteiger partial charge in [-0.15, -0.1) is 0 Å². The Morgan fingerprint density at radius 1 is 0.897 bits per heavy atom. The molecule has 3 aromatic rings. The minimum absolute atomic E-state index is 0.204. The van der Waals surface area contributed by atoms with Gasteiger partial charge in [0, 0.05) is 24.8 Å². The number of nitrogens with one attached hydrogen (secondary N) is 2. The maximum absolute atomic E-state index is 12.3. The molecule has 6 nitrogen and oxygen atoms in total. The zero-order valence-electron chi connectivity index (χ0n) is 15.8. The van der Waals surface area contributed by atoms with Crippen LogP contribution in [0, 0.1) is 0 Å².